The lowest BCUT2D eigenvalue weighted by Gasteiger charge is -2.13. The van der Waals surface area contributed by atoms with Crippen molar-refractivity contribution in [2.75, 3.05) is 0 Å². The van der Waals surface area contributed by atoms with E-state index in [0.29, 0.717) is 0 Å². The van der Waals surface area contributed by atoms with Crippen molar-refractivity contribution < 1.29 is 5.11 Å². The van der Waals surface area contributed by atoms with E-state index in [0.717, 1.165) is 32.9 Å². The fourth-order valence-corrected chi connectivity index (χ4v) is 3.41. The normalized spacial score (nSPS) is 12.4. The Hall–Kier alpha value is -0.640. The Labute approximate surface area is 130 Å². The van der Waals surface area contributed by atoms with Gasteiger partial charge in [-0.15, -0.1) is 0 Å². The zero-order valence-electron chi connectivity index (χ0n) is 10.7. The molecular weight excluding hydrogens is 368 g/mol. The standard InChI is InChI=1S/C16H16Br2O/c1-2-3-11-4-6-12(7-5-11)16(19)13-8-14(17)10-15(18)9-13/h4-10,16,19H,2-3H2,1H3. The van der Waals surface area contributed by atoms with Gasteiger partial charge in [-0.05, 0) is 41.3 Å². The minimum Gasteiger partial charge on any atom is -0.384 e. The number of hydrogen-bond acceptors (Lipinski definition) is 1. The molecule has 0 spiro atoms. The molecule has 2 aromatic rings. The maximum Gasteiger partial charge on any atom is 0.104 e. The van der Waals surface area contributed by atoms with Gasteiger partial charge in [0.1, 0.15) is 6.10 Å². The van der Waals surface area contributed by atoms with Crippen LogP contribution < -0.4 is 0 Å². The molecule has 0 saturated heterocycles. The maximum absolute atomic E-state index is 10.4. The van der Waals surface area contributed by atoms with Crippen molar-refractivity contribution in [3.63, 3.8) is 0 Å². The smallest absolute Gasteiger partial charge is 0.104 e. The van der Waals surface area contributed by atoms with E-state index in [9.17, 15) is 5.11 Å². The topological polar surface area (TPSA) is 20.2 Å². The third-order valence-corrected chi connectivity index (χ3v) is 3.95. The molecule has 0 saturated carbocycles. The summed E-state index contributed by atoms with van der Waals surface area (Å²) >= 11 is 6.89. The average molecular weight is 384 g/mol. The van der Waals surface area contributed by atoms with E-state index in [1.54, 1.807) is 0 Å². The van der Waals surface area contributed by atoms with Crippen molar-refractivity contribution in [1.82, 2.24) is 0 Å². The molecule has 3 heteroatoms. The summed E-state index contributed by atoms with van der Waals surface area (Å²) in [6.45, 7) is 2.17. The van der Waals surface area contributed by atoms with Gasteiger partial charge in [0.25, 0.3) is 0 Å². The third kappa shape index (κ3) is 3.91. The Kier molecular flexibility index (Phi) is 5.20. The van der Waals surface area contributed by atoms with E-state index in [1.165, 1.54) is 5.56 Å². The van der Waals surface area contributed by atoms with Gasteiger partial charge in [-0.2, -0.15) is 0 Å². The number of rotatable bonds is 4. The largest absolute Gasteiger partial charge is 0.384 e. The van der Waals surface area contributed by atoms with Gasteiger partial charge in [-0.3, -0.25) is 0 Å². The zero-order chi connectivity index (χ0) is 13.8. The molecule has 0 radical (unpaired) electrons. The Morgan fingerprint density at radius 2 is 1.53 bits per heavy atom. The van der Waals surface area contributed by atoms with Gasteiger partial charge in [0.15, 0.2) is 0 Å². The van der Waals surface area contributed by atoms with Gasteiger partial charge in [0.05, 0.1) is 0 Å². The molecule has 1 N–H and O–H groups in total. The highest BCUT2D eigenvalue weighted by Gasteiger charge is 2.11. The van der Waals surface area contributed by atoms with Crippen molar-refractivity contribution in [1.29, 1.82) is 0 Å². The van der Waals surface area contributed by atoms with Gasteiger partial charge >= 0.3 is 0 Å². The number of halogens is 2. The summed E-state index contributed by atoms with van der Waals surface area (Å²) in [6.07, 6.45) is 1.63. The van der Waals surface area contributed by atoms with Gasteiger partial charge in [-0.1, -0.05) is 69.5 Å². The van der Waals surface area contributed by atoms with Gasteiger partial charge in [0.2, 0.25) is 0 Å². The molecule has 0 aliphatic heterocycles. The Bertz CT molecular complexity index is 529. The van der Waals surface area contributed by atoms with E-state index < -0.39 is 6.10 Å². The minimum absolute atomic E-state index is 0.593. The van der Waals surface area contributed by atoms with E-state index >= 15 is 0 Å². The van der Waals surface area contributed by atoms with Crippen molar-refractivity contribution in [3.8, 4) is 0 Å². The van der Waals surface area contributed by atoms with Crippen LogP contribution in [0, 0.1) is 0 Å². The van der Waals surface area contributed by atoms with E-state index in [2.05, 4.69) is 50.9 Å². The van der Waals surface area contributed by atoms with Crippen molar-refractivity contribution in [2.45, 2.75) is 25.9 Å². The predicted octanol–water partition coefficient (Wildman–Crippen LogP) is 5.25. The minimum atomic E-state index is -0.593. The van der Waals surface area contributed by atoms with Crippen molar-refractivity contribution in [2.24, 2.45) is 0 Å². The van der Waals surface area contributed by atoms with Crippen LogP contribution >= 0.6 is 31.9 Å². The summed E-state index contributed by atoms with van der Waals surface area (Å²) in [5.74, 6) is 0. The molecule has 0 amide bonds. The first-order valence-corrected chi connectivity index (χ1v) is 7.91. The molecule has 1 unspecified atom stereocenters. The molecule has 100 valence electrons. The second-order valence-corrected chi connectivity index (χ2v) is 6.43. The van der Waals surface area contributed by atoms with Crippen LogP contribution in [0.15, 0.2) is 51.4 Å². The molecule has 1 nitrogen and oxygen atoms in total. The SMILES string of the molecule is CCCc1ccc(C(O)c2cc(Br)cc(Br)c2)cc1. The summed E-state index contributed by atoms with van der Waals surface area (Å²) in [5.41, 5.74) is 3.11. The van der Waals surface area contributed by atoms with E-state index in [1.807, 2.05) is 30.3 Å². The number of aliphatic hydroxyl groups excluding tert-OH is 1. The van der Waals surface area contributed by atoms with Crippen LogP contribution in [0.5, 0.6) is 0 Å². The Morgan fingerprint density at radius 1 is 0.947 bits per heavy atom. The molecule has 0 bridgehead atoms. The van der Waals surface area contributed by atoms with Crippen molar-refractivity contribution >= 4 is 31.9 Å². The highest BCUT2D eigenvalue weighted by atomic mass is 79.9. The Balaban J connectivity index is 2.25. The highest BCUT2D eigenvalue weighted by Crippen LogP contribution is 2.28. The fourth-order valence-electron chi connectivity index (χ4n) is 2.08. The van der Waals surface area contributed by atoms with Crippen molar-refractivity contribution in [3.05, 3.63) is 68.1 Å². The van der Waals surface area contributed by atoms with Crippen LogP contribution in [0.4, 0.5) is 0 Å². The van der Waals surface area contributed by atoms with Gasteiger partial charge in [0, 0.05) is 8.95 Å². The summed E-state index contributed by atoms with van der Waals surface area (Å²) in [6, 6.07) is 14.0. The number of benzene rings is 2. The van der Waals surface area contributed by atoms with Crippen LogP contribution in [0.1, 0.15) is 36.1 Å². The molecule has 2 rings (SSSR count). The molecule has 2 aromatic carbocycles. The molecule has 19 heavy (non-hydrogen) atoms. The van der Waals surface area contributed by atoms with Crippen LogP contribution in [0.2, 0.25) is 0 Å². The predicted molar refractivity (Wildman–Crippen MR) is 86.3 cm³/mol. The average Bonchev–Trinajstić information content (AvgIpc) is 2.38. The highest BCUT2D eigenvalue weighted by molar-refractivity contribution is 9.11. The van der Waals surface area contributed by atoms with Crippen LogP contribution in [-0.2, 0) is 6.42 Å². The second-order valence-electron chi connectivity index (χ2n) is 4.60. The number of aryl methyl sites for hydroxylation is 1. The first-order valence-electron chi connectivity index (χ1n) is 6.33. The summed E-state index contributed by atoms with van der Waals surface area (Å²) in [4.78, 5) is 0. The first kappa shape index (κ1) is 14.8. The zero-order valence-corrected chi connectivity index (χ0v) is 13.9. The van der Waals surface area contributed by atoms with Crippen LogP contribution in [0.25, 0.3) is 0 Å². The number of hydrogen-bond donors (Lipinski definition) is 1. The molecular formula is C16H16Br2O. The second kappa shape index (κ2) is 6.69. The lowest BCUT2D eigenvalue weighted by molar-refractivity contribution is 0.220. The third-order valence-electron chi connectivity index (χ3n) is 3.03. The molecule has 0 aliphatic carbocycles. The molecule has 0 fully saturated rings. The summed E-state index contributed by atoms with van der Waals surface area (Å²) in [7, 11) is 0. The van der Waals surface area contributed by atoms with Crippen LogP contribution in [-0.4, -0.2) is 5.11 Å². The Morgan fingerprint density at radius 3 is 2.05 bits per heavy atom. The summed E-state index contributed by atoms with van der Waals surface area (Å²) < 4.78 is 1.91. The lowest BCUT2D eigenvalue weighted by Crippen LogP contribution is -2.00. The van der Waals surface area contributed by atoms with Gasteiger partial charge < -0.3 is 5.11 Å². The maximum atomic E-state index is 10.4. The monoisotopic (exact) mass is 382 g/mol. The summed E-state index contributed by atoms with van der Waals surface area (Å²) in [5, 5.41) is 10.4. The molecule has 0 heterocycles. The first-order chi connectivity index (χ1) is 9.10. The quantitative estimate of drug-likeness (QED) is 0.764. The van der Waals surface area contributed by atoms with Crippen LogP contribution in [0.3, 0.4) is 0 Å². The van der Waals surface area contributed by atoms with E-state index in [4.69, 9.17) is 0 Å². The molecule has 0 aromatic heterocycles. The van der Waals surface area contributed by atoms with Gasteiger partial charge in [-0.25, -0.2) is 0 Å². The lowest BCUT2D eigenvalue weighted by atomic mass is 9.99. The number of aliphatic hydroxyl groups is 1. The fraction of sp³-hybridized carbons (Fsp3) is 0.250. The van der Waals surface area contributed by atoms with E-state index in [-0.39, 0.29) is 0 Å². The molecule has 1 atom stereocenters. The molecule has 0 aliphatic rings.